The molecule has 0 aromatic carbocycles. The van der Waals surface area contributed by atoms with Gasteiger partial charge in [0, 0.05) is 7.05 Å². The maximum absolute atomic E-state index is 12.7. The second kappa shape index (κ2) is 2.32. The summed E-state index contributed by atoms with van der Waals surface area (Å²) in [5.74, 6) is 5.23. The molecule has 8 fully saturated rings. The van der Waals surface area contributed by atoms with Crippen molar-refractivity contribution >= 4 is 11.8 Å². The van der Waals surface area contributed by atoms with Crippen molar-refractivity contribution in [3.8, 4) is 0 Å². The van der Waals surface area contributed by atoms with E-state index < -0.39 is 0 Å². The Morgan fingerprint density at radius 2 is 1.29 bits per heavy atom. The van der Waals surface area contributed by atoms with Gasteiger partial charge in [-0.1, -0.05) is 13.8 Å². The number of likely N-dealkylation sites (tertiary alicyclic amines) is 1. The van der Waals surface area contributed by atoms with Crippen LogP contribution in [0.25, 0.3) is 0 Å². The lowest BCUT2D eigenvalue weighted by Gasteiger charge is -3.02. The van der Waals surface area contributed by atoms with Crippen LogP contribution < -0.4 is 0 Å². The van der Waals surface area contributed by atoms with Crippen LogP contribution in [0.2, 0.25) is 0 Å². The molecule has 1 heterocycles. The minimum Gasteiger partial charge on any atom is -0.285 e. The van der Waals surface area contributed by atoms with Crippen molar-refractivity contribution < 1.29 is 9.59 Å². The molecular weight excluding hydrogens is 262 g/mol. The summed E-state index contributed by atoms with van der Waals surface area (Å²) in [5, 5.41) is 0. The highest BCUT2D eigenvalue weighted by atomic mass is 16.2. The van der Waals surface area contributed by atoms with Crippen molar-refractivity contribution in [2.24, 2.45) is 63.6 Å². The van der Waals surface area contributed by atoms with Crippen LogP contribution in [0.1, 0.15) is 26.7 Å². The summed E-state index contributed by atoms with van der Waals surface area (Å²) in [6.07, 6.45) is 2.67. The van der Waals surface area contributed by atoms with Gasteiger partial charge in [-0.15, -0.1) is 0 Å². The van der Waals surface area contributed by atoms with E-state index in [9.17, 15) is 9.59 Å². The van der Waals surface area contributed by atoms with Crippen LogP contribution >= 0.6 is 0 Å². The fourth-order valence-corrected chi connectivity index (χ4v) is 10.3. The first-order valence-corrected chi connectivity index (χ1v) is 8.70. The molecule has 1 aliphatic heterocycles. The molecule has 0 N–H and O–H groups in total. The Hall–Kier alpha value is -0.860. The van der Waals surface area contributed by atoms with Crippen molar-refractivity contribution in [2.75, 3.05) is 7.05 Å². The first-order chi connectivity index (χ1) is 9.88. The molecule has 1 saturated heterocycles. The first-order valence-electron chi connectivity index (χ1n) is 8.70. The molecule has 7 saturated carbocycles. The molecule has 8 aliphatic rings. The van der Waals surface area contributed by atoms with Crippen LogP contribution in [0, 0.1) is 63.6 Å². The molecule has 3 heteroatoms. The Kier molecular flexibility index (Phi) is 1.19. The van der Waals surface area contributed by atoms with Crippen LogP contribution in [0.5, 0.6) is 0 Å². The number of carbonyl (C=O) groups is 2. The lowest BCUT2D eigenvalue weighted by atomic mass is 9.01. The smallest absolute Gasteiger partial charge is 0.233 e. The molecule has 2 bridgehead atoms. The van der Waals surface area contributed by atoms with Gasteiger partial charge in [-0.3, -0.25) is 14.5 Å². The highest BCUT2D eigenvalue weighted by Crippen LogP contribution is 3.07. The van der Waals surface area contributed by atoms with E-state index in [4.69, 9.17) is 0 Å². The van der Waals surface area contributed by atoms with Crippen molar-refractivity contribution in [1.82, 2.24) is 4.90 Å². The van der Waals surface area contributed by atoms with E-state index in [0.717, 1.165) is 23.7 Å². The van der Waals surface area contributed by atoms with Crippen LogP contribution in [0.4, 0.5) is 0 Å². The van der Waals surface area contributed by atoms with Crippen molar-refractivity contribution in [2.45, 2.75) is 26.7 Å². The molecule has 0 unspecified atom stereocenters. The van der Waals surface area contributed by atoms with Gasteiger partial charge < -0.3 is 0 Å². The fourth-order valence-electron chi connectivity index (χ4n) is 10.3. The van der Waals surface area contributed by atoms with Gasteiger partial charge in [-0.25, -0.2) is 0 Å². The molecular formula is C18H21NO2. The maximum atomic E-state index is 12.7. The van der Waals surface area contributed by atoms with Crippen molar-refractivity contribution in [1.29, 1.82) is 0 Å². The Balaban J connectivity index is 1.49. The van der Waals surface area contributed by atoms with E-state index >= 15 is 0 Å². The van der Waals surface area contributed by atoms with Gasteiger partial charge >= 0.3 is 0 Å². The topological polar surface area (TPSA) is 37.4 Å². The van der Waals surface area contributed by atoms with Gasteiger partial charge in [-0.05, 0) is 64.6 Å². The van der Waals surface area contributed by atoms with Gasteiger partial charge in [0.2, 0.25) is 11.8 Å². The highest BCUT2D eigenvalue weighted by Gasteiger charge is 3.05. The number of hydrogen-bond acceptors (Lipinski definition) is 2. The largest absolute Gasteiger partial charge is 0.285 e. The average molecular weight is 283 g/mol. The molecule has 2 spiro atoms. The minimum atomic E-state index is 0.0771. The van der Waals surface area contributed by atoms with Gasteiger partial charge in [0.1, 0.15) is 0 Å². The minimum absolute atomic E-state index is 0.0771. The number of imide groups is 1. The summed E-state index contributed by atoms with van der Waals surface area (Å²) in [5.41, 5.74) is 1.42. The quantitative estimate of drug-likeness (QED) is 0.635. The summed E-state index contributed by atoms with van der Waals surface area (Å²) in [6.45, 7) is 4.86. The van der Waals surface area contributed by atoms with E-state index in [1.165, 1.54) is 17.7 Å². The molecule has 0 aromatic rings. The zero-order valence-corrected chi connectivity index (χ0v) is 12.8. The zero-order chi connectivity index (χ0) is 14.3. The first kappa shape index (κ1) is 10.8. The Bertz CT molecular complexity index is 641. The van der Waals surface area contributed by atoms with Crippen molar-refractivity contribution in [3.05, 3.63) is 0 Å². The fraction of sp³-hybridized carbons (Fsp3) is 0.889. The molecule has 0 radical (unpaired) electrons. The summed E-state index contributed by atoms with van der Waals surface area (Å²) in [6, 6.07) is 0. The predicted octanol–water partition coefficient (Wildman–Crippen LogP) is 1.78. The van der Waals surface area contributed by atoms with E-state index in [1.54, 1.807) is 7.05 Å². The Labute approximate surface area is 124 Å². The Morgan fingerprint density at radius 1 is 0.857 bits per heavy atom. The molecule has 110 valence electrons. The van der Waals surface area contributed by atoms with E-state index in [-0.39, 0.29) is 23.7 Å². The molecule has 21 heavy (non-hydrogen) atoms. The molecule has 0 aromatic heterocycles. The van der Waals surface area contributed by atoms with E-state index in [0.29, 0.717) is 28.1 Å². The van der Waals surface area contributed by atoms with Crippen LogP contribution in [0.15, 0.2) is 0 Å². The Morgan fingerprint density at radius 3 is 1.71 bits per heavy atom. The lowest BCUT2D eigenvalue weighted by molar-refractivity contribution is -0.563. The number of hydrogen-bond donors (Lipinski definition) is 0. The molecule has 10 atom stereocenters. The van der Waals surface area contributed by atoms with Crippen molar-refractivity contribution in [3.63, 3.8) is 0 Å². The summed E-state index contributed by atoms with van der Waals surface area (Å²) >= 11 is 0. The molecule has 3 nitrogen and oxygen atoms in total. The summed E-state index contributed by atoms with van der Waals surface area (Å²) in [4.78, 5) is 26.9. The van der Waals surface area contributed by atoms with Gasteiger partial charge in [0.05, 0.1) is 11.8 Å². The number of nitrogens with zero attached hydrogens (tertiary/aromatic N) is 1. The van der Waals surface area contributed by atoms with Gasteiger partial charge in [-0.2, -0.15) is 0 Å². The standard InChI is InChI=1S/C18H21NO2/c1-16(2)4-17-10-6-7-11(18(17,5-16)13(7)12(6)17)9-8(10)14(20)19(3)15(9)21/h6-13H,4-5H2,1-3H3/t6-,7-,8+,9+,10-,11+,12+,13+,17+,18-/m1/s1. The second-order valence-corrected chi connectivity index (χ2v) is 10.1. The molecule has 2 amide bonds. The zero-order valence-electron chi connectivity index (χ0n) is 12.8. The van der Waals surface area contributed by atoms with Crippen LogP contribution in [-0.2, 0) is 9.59 Å². The third-order valence-corrected chi connectivity index (χ3v) is 9.67. The summed E-state index contributed by atoms with van der Waals surface area (Å²) < 4.78 is 0. The van der Waals surface area contributed by atoms with Crippen LogP contribution in [0.3, 0.4) is 0 Å². The number of amides is 2. The monoisotopic (exact) mass is 283 g/mol. The molecule has 7 aliphatic carbocycles. The summed E-state index contributed by atoms with van der Waals surface area (Å²) in [7, 11) is 1.72. The second-order valence-electron chi connectivity index (χ2n) is 10.1. The lowest BCUT2D eigenvalue weighted by Crippen LogP contribution is -3.00. The highest BCUT2D eigenvalue weighted by molar-refractivity contribution is 6.06. The number of rotatable bonds is 0. The normalized spacial score (nSPS) is 72.0. The predicted molar refractivity (Wildman–Crippen MR) is 73.6 cm³/mol. The number of carbonyl (C=O) groups excluding carboxylic acids is 2. The average Bonchev–Trinajstić information content (AvgIpc) is 2.76. The van der Waals surface area contributed by atoms with Crippen LogP contribution in [-0.4, -0.2) is 23.8 Å². The third kappa shape index (κ3) is 0.608. The maximum Gasteiger partial charge on any atom is 0.233 e. The van der Waals surface area contributed by atoms with E-state index in [1.807, 2.05) is 0 Å². The van der Waals surface area contributed by atoms with Gasteiger partial charge in [0.25, 0.3) is 0 Å². The van der Waals surface area contributed by atoms with E-state index in [2.05, 4.69) is 13.8 Å². The molecule has 8 rings (SSSR count). The third-order valence-electron chi connectivity index (χ3n) is 9.67. The SMILES string of the molecule is CN1C(=O)[C@H]2[C@H](C1=O)[C@H]1[C@H]3[C@@H]4[C@@H]2[C@@]25CC(C)(C)C[C@@]12[C@@H]3[C@H]45. The van der Waals surface area contributed by atoms with Gasteiger partial charge in [0.15, 0.2) is 0 Å².